The molecule has 1 aliphatic rings. The van der Waals surface area contributed by atoms with Crippen molar-refractivity contribution in [1.82, 2.24) is 10.3 Å². The van der Waals surface area contributed by atoms with E-state index in [-0.39, 0.29) is 19.1 Å². The van der Waals surface area contributed by atoms with Crippen molar-refractivity contribution in [2.45, 2.75) is 32.2 Å². The second-order valence-electron chi connectivity index (χ2n) is 7.59. The molecule has 0 spiro atoms. The van der Waals surface area contributed by atoms with Crippen LogP contribution < -0.4 is 14.8 Å². The highest BCUT2D eigenvalue weighted by Crippen LogP contribution is 2.36. The number of nitrogens with one attached hydrogen (secondary N) is 1. The van der Waals surface area contributed by atoms with Crippen LogP contribution >= 0.6 is 22.9 Å². The van der Waals surface area contributed by atoms with Crippen molar-refractivity contribution in [2.24, 2.45) is 0 Å². The molecule has 0 saturated heterocycles. The predicted octanol–water partition coefficient (Wildman–Crippen LogP) is 4.87. The van der Waals surface area contributed by atoms with E-state index in [4.69, 9.17) is 21.1 Å². The standard InChI is InChI=1S/C22H21ClN2O3S/c1-22(2,11-15-5-3-4-6-17(15)23)25-20(26)10-16-12-29-21(24-16)14-7-8-18-19(9-14)28-13-27-18/h3-9,12H,10-11,13H2,1-2H3,(H,25,26). The quantitative estimate of drug-likeness (QED) is 0.608. The number of halogens is 1. The lowest BCUT2D eigenvalue weighted by atomic mass is 9.94. The smallest absolute Gasteiger partial charge is 0.231 e. The first-order valence-corrected chi connectivity index (χ1v) is 10.5. The molecule has 2 aromatic carbocycles. The summed E-state index contributed by atoms with van der Waals surface area (Å²) < 4.78 is 10.8. The molecule has 0 bridgehead atoms. The first-order valence-electron chi connectivity index (χ1n) is 9.28. The van der Waals surface area contributed by atoms with E-state index in [2.05, 4.69) is 10.3 Å². The van der Waals surface area contributed by atoms with Crippen LogP contribution in [0.4, 0.5) is 0 Å². The minimum Gasteiger partial charge on any atom is -0.454 e. The van der Waals surface area contributed by atoms with Crippen LogP contribution in [-0.2, 0) is 17.6 Å². The Morgan fingerprint density at radius 2 is 2.00 bits per heavy atom. The number of ether oxygens (including phenoxy) is 2. The summed E-state index contributed by atoms with van der Waals surface area (Å²) >= 11 is 7.76. The molecular formula is C22H21ClN2O3S. The Bertz CT molecular complexity index is 1050. The Labute approximate surface area is 178 Å². The van der Waals surface area contributed by atoms with Crippen molar-refractivity contribution < 1.29 is 14.3 Å². The molecule has 4 rings (SSSR count). The number of fused-ring (bicyclic) bond motifs is 1. The van der Waals surface area contributed by atoms with Crippen molar-refractivity contribution in [3.8, 4) is 22.1 Å². The fourth-order valence-electron chi connectivity index (χ4n) is 3.30. The van der Waals surface area contributed by atoms with Gasteiger partial charge >= 0.3 is 0 Å². The third kappa shape index (κ3) is 4.71. The largest absolute Gasteiger partial charge is 0.454 e. The van der Waals surface area contributed by atoms with Gasteiger partial charge in [0, 0.05) is 21.5 Å². The minimum atomic E-state index is -0.418. The summed E-state index contributed by atoms with van der Waals surface area (Å²) in [5.41, 5.74) is 2.29. The molecule has 1 aromatic heterocycles. The molecule has 0 unspecified atom stereocenters. The molecule has 7 heteroatoms. The van der Waals surface area contributed by atoms with Crippen LogP contribution in [0.25, 0.3) is 10.6 Å². The third-order valence-electron chi connectivity index (χ3n) is 4.58. The van der Waals surface area contributed by atoms with Gasteiger partial charge in [-0.25, -0.2) is 4.98 Å². The van der Waals surface area contributed by atoms with Gasteiger partial charge in [-0.2, -0.15) is 0 Å². The Morgan fingerprint density at radius 3 is 2.83 bits per heavy atom. The lowest BCUT2D eigenvalue weighted by Gasteiger charge is -2.26. The highest BCUT2D eigenvalue weighted by atomic mass is 35.5. The highest BCUT2D eigenvalue weighted by molar-refractivity contribution is 7.13. The Balaban J connectivity index is 1.39. The number of nitrogens with zero attached hydrogens (tertiary/aromatic N) is 1. The van der Waals surface area contributed by atoms with Gasteiger partial charge < -0.3 is 14.8 Å². The van der Waals surface area contributed by atoms with E-state index in [0.717, 1.165) is 33.3 Å². The van der Waals surface area contributed by atoms with E-state index in [1.54, 1.807) is 0 Å². The van der Waals surface area contributed by atoms with Gasteiger partial charge in [0.05, 0.1) is 12.1 Å². The maximum absolute atomic E-state index is 12.6. The summed E-state index contributed by atoms with van der Waals surface area (Å²) in [5.74, 6) is 1.40. The third-order valence-corrected chi connectivity index (χ3v) is 5.89. The zero-order valence-corrected chi connectivity index (χ0v) is 17.8. The minimum absolute atomic E-state index is 0.0652. The second kappa shape index (κ2) is 8.05. The fourth-order valence-corrected chi connectivity index (χ4v) is 4.32. The molecule has 3 aromatic rings. The molecule has 5 nitrogen and oxygen atoms in total. The van der Waals surface area contributed by atoms with Crippen LogP contribution in [0.15, 0.2) is 47.8 Å². The average Bonchev–Trinajstić information content (AvgIpc) is 3.31. The molecule has 0 atom stereocenters. The van der Waals surface area contributed by atoms with Gasteiger partial charge in [0.15, 0.2) is 11.5 Å². The monoisotopic (exact) mass is 428 g/mol. The van der Waals surface area contributed by atoms with Crippen LogP contribution in [0.1, 0.15) is 25.1 Å². The molecule has 1 amide bonds. The number of carbonyl (C=O) groups is 1. The summed E-state index contributed by atoms with van der Waals surface area (Å²) in [4.78, 5) is 17.2. The maximum atomic E-state index is 12.6. The topological polar surface area (TPSA) is 60.5 Å². The van der Waals surface area contributed by atoms with Crippen LogP contribution in [0.2, 0.25) is 5.02 Å². The number of hydrogen-bond acceptors (Lipinski definition) is 5. The van der Waals surface area contributed by atoms with Crippen LogP contribution in [0.3, 0.4) is 0 Å². The molecule has 2 heterocycles. The van der Waals surface area contributed by atoms with E-state index < -0.39 is 5.54 Å². The molecule has 1 N–H and O–H groups in total. The lowest BCUT2D eigenvalue weighted by Crippen LogP contribution is -2.45. The molecule has 0 radical (unpaired) electrons. The molecule has 1 aliphatic heterocycles. The van der Waals surface area contributed by atoms with Crippen molar-refractivity contribution in [2.75, 3.05) is 6.79 Å². The van der Waals surface area contributed by atoms with E-state index in [9.17, 15) is 4.79 Å². The number of aromatic nitrogens is 1. The zero-order valence-electron chi connectivity index (χ0n) is 16.2. The normalized spacial score (nSPS) is 12.8. The van der Waals surface area contributed by atoms with Crippen molar-refractivity contribution in [3.05, 3.63) is 64.1 Å². The van der Waals surface area contributed by atoms with Gasteiger partial charge in [-0.05, 0) is 50.1 Å². The number of rotatable bonds is 6. The summed E-state index contributed by atoms with van der Waals surface area (Å²) in [7, 11) is 0. The van der Waals surface area contributed by atoms with Crippen LogP contribution in [0.5, 0.6) is 11.5 Å². The van der Waals surface area contributed by atoms with Gasteiger partial charge in [-0.3, -0.25) is 4.79 Å². The zero-order chi connectivity index (χ0) is 20.4. The second-order valence-corrected chi connectivity index (χ2v) is 8.85. The van der Waals surface area contributed by atoms with E-state index in [1.165, 1.54) is 11.3 Å². The number of thiazole rings is 1. The number of benzene rings is 2. The number of carbonyl (C=O) groups excluding carboxylic acids is 1. The van der Waals surface area contributed by atoms with Crippen molar-refractivity contribution in [1.29, 1.82) is 0 Å². The van der Waals surface area contributed by atoms with Gasteiger partial charge in [-0.15, -0.1) is 11.3 Å². The number of amides is 1. The first-order chi connectivity index (χ1) is 13.9. The molecular weight excluding hydrogens is 408 g/mol. The Hall–Kier alpha value is -2.57. The Morgan fingerprint density at radius 1 is 1.21 bits per heavy atom. The summed E-state index contributed by atoms with van der Waals surface area (Å²) in [6.07, 6.45) is 0.880. The molecule has 0 saturated carbocycles. The number of hydrogen-bond donors (Lipinski definition) is 1. The van der Waals surface area contributed by atoms with Gasteiger partial charge in [-0.1, -0.05) is 29.8 Å². The van der Waals surface area contributed by atoms with Gasteiger partial charge in [0.25, 0.3) is 0 Å². The molecule has 0 fully saturated rings. The lowest BCUT2D eigenvalue weighted by molar-refractivity contribution is -0.122. The highest BCUT2D eigenvalue weighted by Gasteiger charge is 2.23. The molecule has 150 valence electrons. The predicted molar refractivity (Wildman–Crippen MR) is 115 cm³/mol. The average molecular weight is 429 g/mol. The summed E-state index contributed by atoms with van der Waals surface area (Å²) in [6.45, 7) is 4.23. The van der Waals surface area contributed by atoms with Gasteiger partial charge in [0.2, 0.25) is 12.7 Å². The summed E-state index contributed by atoms with van der Waals surface area (Å²) in [5, 5.41) is 6.57. The van der Waals surface area contributed by atoms with Crippen LogP contribution in [0, 0.1) is 0 Å². The van der Waals surface area contributed by atoms with Crippen molar-refractivity contribution in [3.63, 3.8) is 0 Å². The first kappa shape index (κ1) is 19.7. The van der Waals surface area contributed by atoms with Crippen molar-refractivity contribution >= 4 is 28.8 Å². The molecule has 29 heavy (non-hydrogen) atoms. The van der Waals surface area contributed by atoms with E-state index in [0.29, 0.717) is 11.4 Å². The maximum Gasteiger partial charge on any atom is 0.231 e. The van der Waals surface area contributed by atoms with Crippen LogP contribution in [-0.4, -0.2) is 23.2 Å². The fraction of sp³-hybridized carbons (Fsp3) is 0.273. The summed E-state index contributed by atoms with van der Waals surface area (Å²) in [6, 6.07) is 13.4. The van der Waals surface area contributed by atoms with E-state index >= 15 is 0 Å². The SMILES string of the molecule is CC(C)(Cc1ccccc1Cl)NC(=O)Cc1csc(-c2ccc3c(c2)OCO3)n1. The van der Waals surface area contributed by atoms with E-state index in [1.807, 2.05) is 61.7 Å². The molecule has 0 aliphatic carbocycles. The van der Waals surface area contributed by atoms with Gasteiger partial charge in [0.1, 0.15) is 5.01 Å². The Kier molecular flexibility index (Phi) is 5.48.